The van der Waals surface area contributed by atoms with Gasteiger partial charge < -0.3 is 15.2 Å². The van der Waals surface area contributed by atoms with E-state index in [0.717, 1.165) is 5.56 Å². The predicted octanol–water partition coefficient (Wildman–Crippen LogP) is 3.23. The van der Waals surface area contributed by atoms with Crippen LogP contribution in [0.4, 0.5) is 5.69 Å². The molecule has 0 aliphatic carbocycles. The van der Waals surface area contributed by atoms with Gasteiger partial charge in [0.25, 0.3) is 0 Å². The van der Waals surface area contributed by atoms with Crippen LogP contribution >= 0.6 is 0 Å². The summed E-state index contributed by atoms with van der Waals surface area (Å²) in [5.74, 6) is -0.268. The van der Waals surface area contributed by atoms with Crippen LogP contribution in [0.2, 0.25) is 0 Å². The Bertz CT molecular complexity index is 725. The van der Waals surface area contributed by atoms with Crippen LogP contribution in [0.25, 0.3) is 0 Å². The topological polar surface area (TPSA) is 78.6 Å². The van der Waals surface area contributed by atoms with E-state index in [1.54, 1.807) is 25.1 Å². The predicted molar refractivity (Wildman–Crippen MR) is 87.6 cm³/mol. The molecule has 2 aromatic rings. The number of Topliss-reactive ketones (excluding diaryl/α,β-unsaturated/α-hetero) is 1. The van der Waals surface area contributed by atoms with Crippen molar-refractivity contribution in [2.24, 2.45) is 0 Å². The van der Waals surface area contributed by atoms with Crippen LogP contribution in [0, 0.1) is 0 Å². The maximum Gasteiger partial charge on any atom is 0.338 e. The molecule has 0 bridgehead atoms. The van der Waals surface area contributed by atoms with Gasteiger partial charge in [0, 0.05) is 16.8 Å². The normalized spacial score (nSPS) is 10.2. The van der Waals surface area contributed by atoms with Crippen LogP contribution in [0.5, 0.6) is 5.75 Å². The van der Waals surface area contributed by atoms with Gasteiger partial charge in [-0.05, 0) is 38.1 Å². The summed E-state index contributed by atoms with van der Waals surface area (Å²) in [6, 6.07) is 12.1. The number of carbonyl (C=O) groups excluding carboxylic acids is 2. The number of nitrogen functional groups attached to an aromatic ring is 1. The van der Waals surface area contributed by atoms with E-state index < -0.39 is 5.97 Å². The fraction of sp³-hybridized carbons (Fsp3) is 0.222. The summed E-state index contributed by atoms with van der Waals surface area (Å²) in [5, 5.41) is 0. The van der Waals surface area contributed by atoms with E-state index in [1.807, 2.05) is 18.2 Å². The standard InChI is InChI=1S/C18H19NO4/c1-3-22-18(21)16-10-14(8-9-15(16)12(2)20)23-11-13-6-4-5-7-17(13)19/h4-10H,3,11,19H2,1-2H3. The van der Waals surface area contributed by atoms with Crippen LogP contribution in [-0.4, -0.2) is 18.4 Å². The second-order valence-electron chi connectivity index (χ2n) is 4.97. The molecule has 0 amide bonds. The number of rotatable bonds is 6. The number of benzene rings is 2. The van der Waals surface area contributed by atoms with Crippen molar-refractivity contribution in [2.75, 3.05) is 12.3 Å². The second kappa shape index (κ2) is 7.45. The number of esters is 1. The molecule has 0 atom stereocenters. The SMILES string of the molecule is CCOC(=O)c1cc(OCc2ccccc2N)ccc1C(C)=O. The average molecular weight is 313 g/mol. The zero-order valence-electron chi connectivity index (χ0n) is 13.2. The van der Waals surface area contributed by atoms with Crippen molar-refractivity contribution < 1.29 is 19.1 Å². The minimum absolute atomic E-state index is 0.202. The number of hydrogen-bond donors (Lipinski definition) is 1. The molecule has 2 N–H and O–H groups in total. The molecule has 5 heteroatoms. The highest BCUT2D eigenvalue weighted by molar-refractivity contribution is 6.05. The number of nitrogens with two attached hydrogens (primary N) is 1. The van der Waals surface area contributed by atoms with E-state index >= 15 is 0 Å². The van der Waals surface area contributed by atoms with E-state index in [-0.39, 0.29) is 24.6 Å². The smallest absolute Gasteiger partial charge is 0.338 e. The molecule has 0 fully saturated rings. The van der Waals surface area contributed by atoms with Crippen LogP contribution < -0.4 is 10.5 Å². The first kappa shape index (κ1) is 16.5. The number of carbonyl (C=O) groups is 2. The van der Waals surface area contributed by atoms with E-state index in [0.29, 0.717) is 17.0 Å². The van der Waals surface area contributed by atoms with Gasteiger partial charge in [-0.1, -0.05) is 18.2 Å². The van der Waals surface area contributed by atoms with Crippen LogP contribution in [0.3, 0.4) is 0 Å². The maximum atomic E-state index is 12.0. The van der Waals surface area contributed by atoms with Crippen molar-refractivity contribution in [3.05, 3.63) is 59.2 Å². The molecule has 0 saturated heterocycles. The van der Waals surface area contributed by atoms with Gasteiger partial charge in [-0.2, -0.15) is 0 Å². The van der Waals surface area contributed by atoms with Crippen molar-refractivity contribution in [2.45, 2.75) is 20.5 Å². The molecule has 0 aliphatic rings. The van der Waals surface area contributed by atoms with Gasteiger partial charge in [-0.25, -0.2) is 4.79 Å². The summed E-state index contributed by atoms with van der Waals surface area (Å²) >= 11 is 0. The molecule has 2 rings (SSSR count). The molecule has 0 radical (unpaired) electrons. The van der Waals surface area contributed by atoms with Crippen molar-refractivity contribution in [1.82, 2.24) is 0 Å². The molecule has 120 valence electrons. The van der Waals surface area contributed by atoms with Crippen molar-refractivity contribution in [3.63, 3.8) is 0 Å². The largest absolute Gasteiger partial charge is 0.489 e. The highest BCUT2D eigenvalue weighted by Gasteiger charge is 2.17. The fourth-order valence-electron chi connectivity index (χ4n) is 2.12. The third-order valence-electron chi connectivity index (χ3n) is 3.32. The zero-order chi connectivity index (χ0) is 16.8. The highest BCUT2D eigenvalue weighted by atomic mass is 16.5. The summed E-state index contributed by atoms with van der Waals surface area (Å²) < 4.78 is 10.7. The Hall–Kier alpha value is -2.82. The Balaban J connectivity index is 2.23. The summed E-state index contributed by atoms with van der Waals surface area (Å²) in [5.41, 5.74) is 7.87. The molecule has 0 spiro atoms. The van der Waals surface area contributed by atoms with Crippen molar-refractivity contribution in [1.29, 1.82) is 0 Å². The quantitative estimate of drug-likeness (QED) is 0.503. The summed E-state index contributed by atoms with van der Waals surface area (Å²) in [6.45, 7) is 3.63. The van der Waals surface area contributed by atoms with E-state index in [1.165, 1.54) is 13.0 Å². The lowest BCUT2D eigenvalue weighted by atomic mass is 10.0. The Kier molecular flexibility index (Phi) is 5.36. The molecule has 5 nitrogen and oxygen atoms in total. The molecule has 0 unspecified atom stereocenters. The molecule has 0 saturated carbocycles. The summed E-state index contributed by atoms with van der Waals surface area (Å²) in [7, 11) is 0. The third kappa shape index (κ3) is 4.10. The van der Waals surface area contributed by atoms with Crippen LogP contribution in [0.1, 0.15) is 40.1 Å². The highest BCUT2D eigenvalue weighted by Crippen LogP contribution is 2.21. The maximum absolute atomic E-state index is 12.0. The van der Waals surface area contributed by atoms with Gasteiger partial charge in [-0.3, -0.25) is 4.79 Å². The van der Waals surface area contributed by atoms with Crippen LogP contribution in [0.15, 0.2) is 42.5 Å². The van der Waals surface area contributed by atoms with Gasteiger partial charge >= 0.3 is 5.97 Å². The lowest BCUT2D eigenvalue weighted by Gasteiger charge is -2.11. The molecular formula is C18H19NO4. The summed E-state index contributed by atoms with van der Waals surface area (Å²) in [6.07, 6.45) is 0. The summed E-state index contributed by atoms with van der Waals surface area (Å²) in [4.78, 5) is 23.6. The molecule has 23 heavy (non-hydrogen) atoms. The first-order chi connectivity index (χ1) is 11.0. The second-order valence-corrected chi connectivity index (χ2v) is 4.97. The van der Waals surface area contributed by atoms with Gasteiger partial charge in [0.1, 0.15) is 12.4 Å². The van der Waals surface area contributed by atoms with E-state index in [2.05, 4.69) is 0 Å². The van der Waals surface area contributed by atoms with Crippen LogP contribution in [-0.2, 0) is 11.3 Å². The monoisotopic (exact) mass is 313 g/mol. The molecule has 2 aromatic carbocycles. The van der Waals surface area contributed by atoms with E-state index in [4.69, 9.17) is 15.2 Å². The Labute approximate surface area is 135 Å². The number of hydrogen-bond acceptors (Lipinski definition) is 5. The Morgan fingerprint density at radius 2 is 1.83 bits per heavy atom. The van der Waals surface area contributed by atoms with Gasteiger partial charge in [0.15, 0.2) is 5.78 Å². The minimum Gasteiger partial charge on any atom is -0.489 e. The number of ketones is 1. The molecule has 0 aliphatic heterocycles. The molecule has 0 heterocycles. The van der Waals surface area contributed by atoms with Crippen molar-refractivity contribution >= 4 is 17.4 Å². The Morgan fingerprint density at radius 3 is 2.48 bits per heavy atom. The average Bonchev–Trinajstić information content (AvgIpc) is 2.54. The zero-order valence-corrected chi connectivity index (χ0v) is 13.2. The molecular weight excluding hydrogens is 294 g/mol. The van der Waals surface area contributed by atoms with Crippen molar-refractivity contribution in [3.8, 4) is 5.75 Å². The number of ether oxygens (including phenoxy) is 2. The lowest BCUT2D eigenvalue weighted by molar-refractivity contribution is 0.0522. The third-order valence-corrected chi connectivity index (χ3v) is 3.32. The number of para-hydroxylation sites is 1. The minimum atomic E-state index is -0.539. The first-order valence-electron chi connectivity index (χ1n) is 7.31. The Morgan fingerprint density at radius 1 is 1.09 bits per heavy atom. The number of anilines is 1. The fourth-order valence-corrected chi connectivity index (χ4v) is 2.12. The lowest BCUT2D eigenvalue weighted by Crippen LogP contribution is -2.11. The van der Waals surface area contributed by atoms with E-state index in [9.17, 15) is 9.59 Å². The first-order valence-corrected chi connectivity index (χ1v) is 7.31. The van der Waals surface area contributed by atoms with Gasteiger partial charge in [0.05, 0.1) is 12.2 Å². The van der Waals surface area contributed by atoms with Gasteiger partial charge in [-0.15, -0.1) is 0 Å². The molecule has 0 aromatic heterocycles. The van der Waals surface area contributed by atoms with Gasteiger partial charge in [0.2, 0.25) is 0 Å².